The molecule has 0 fully saturated rings. The fourth-order valence-corrected chi connectivity index (χ4v) is 2.06. The first-order valence-corrected chi connectivity index (χ1v) is 5.88. The van der Waals surface area contributed by atoms with Crippen molar-refractivity contribution in [3.05, 3.63) is 33.4 Å². The molecule has 0 aliphatic rings. The molecule has 0 amide bonds. The highest BCUT2D eigenvalue weighted by Gasteiger charge is 2.11. The van der Waals surface area contributed by atoms with Gasteiger partial charge in [-0.3, -0.25) is 0 Å². The number of hydrazine groups is 1. The largest absolute Gasteiger partial charge is 0.306 e. The van der Waals surface area contributed by atoms with Crippen LogP contribution in [-0.2, 0) is 6.42 Å². The molecular weight excluding hydrogens is 241 g/mol. The molecule has 0 aliphatic heterocycles. The molecule has 2 aromatic heterocycles. The summed E-state index contributed by atoms with van der Waals surface area (Å²) in [5, 5.41) is 2.92. The zero-order valence-corrected chi connectivity index (χ0v) is 10.3. The molecule has 0 bridgehead atoms. The van der Waals surface area contributed by atoms with Crippen LogP contribution in [0.4, 0.5) is 10.2 Å². The summed E-state index contributed by atoms with van der Waals surface area (Å²) in [6.07, 6.45) is 0.472. The van der Waals surface area contributed by atoms with Crippen LogP contribution in [0.5, 0.6) is 0 Å². The van der Waals surface area contributed by atoms with E-state index in [1.165, 1.54) is 0 Å². The third kappa shape index (κ3) is 2.56. The Morgan fingerprint density at radius 1 is 1.35 bits per heavy atom. The van der Waals surface area contributed by atoms with Crippen LogP contribution in [0, 0.1) is 19.7 Å². The summed E-state index contributed by atoms with van der Waals surface area (Å²) in [4.78, 5) is 12.4. The zero-order chi connectivity index (χ0) is 12.4. The lowest BCUT2D eigenvalue weighted by molar-refractivity contribution is 0.601. The second-order valence-electron chi connectivity index (χ2n) is 3.57. The third-order valence-electron chi connectivity index (χ3n) is 2.21. The van der Waals surface area contributed by atoms with E-state index in [1.807, 2.05) is 12.3 Å². The molecule has 90 valence electrons. The Hall–Kier alpha value is -1.60. The van der Waals surface area contributed by atoms with Gasteiger partial charge >= 0.3 is 0 Å². The standard InChI is InChI=1S/C10H12FN5S/c1-5-9(11)10(16-12)15-8(13-5)3-7-4-17-6(2)14-7/h4H,3,12H2,1-2H3,(H,13,15,16). The molecule has 0 atom stereocenters. The second kappa shape index (κ2) is 4.72. The number of aromatic nitrogens is 3. The summed E-state index contributed by atoms with van der Waals surface area (Å²) in [5.74, 6) is 5.18. The van der Waals surface area contributed by atoms with Crippen molar-refractivity contribution in [1.29, 1.82) is 0 Å². The molecule has 0 spiro atoms. The third-order valence-corrected chi connectivity index (χ3v) is 3.03. The van der Waals surface area contributed by atoms with Gasteiger partial charge in [0.05, 0.1) is 22.8 Å². The van der Waals surface area contributed by atoms with Crippen LogP contribution >= 0.6 is 11.3 Å². The lowest BCUT2D eigenvalue weighted by Gasteiger charge is -2.06. The number of hydrogen-bond acceptors (Lipinski definition) is 6. The van der Waals surface area contributed by atoms with E-state index in [2.05, 4.69) is 20.4 Å². The average molecular weight is 253 g/mol. The number of nitrogen functional groups attached to an aromatic ring is 1. The molecule has 0 saturated carbocycles. The maximum absolute atomic E-state index is 13.4. The predicted octanol–water partition coefficient (Wildman–Crippen LogP) is 1.57. The first-order chi connectivity index (χ1) is 8.10. The van der Waals surface area contributed by atoms with Crippen LogP contribution in [0.3, 0.4) is 0 Å². The van der Waals surface area contributed by atoms with Crippen LogP contribution in [0.1, 0.15) is 22.2 Å². The van der Waals surface area contributed by atoms with Crippen LogP contribution in [-0.4, -0.2) is 15.0 Å². The van der Waals surface area contributed by atoms with E-state index < -0.39 is 5.82 Å². The van der Waals surface area contributed by atoms with E-state index in [1.54, 1.807) is 18.3 Å². The molecule has 7 heteroatoms. The van der Waals surface area contributed by atoms with E-state index in [9.17, 15) is 4.39 Å². The molecule has 0 aromatic carbocycles. The molecule has 17 heavy (non-hydrogen) atoms. The second-order valence-corrected chi connectivity index (χ2v) is 4.63. The average Bonchev–Trinajstić information content (AvgIpc) is 2.69. The molecule has 0 unspecified atom stereocenters. The maximum Gasteiger partial charge on any atom is 0.187 e. The maximum atomic E-state index is 13.4. The number of aryl methyl sites for hydroxylation is 2. The van der Waals surface area contributed by atoms with Crippen LogP contribution in [0.15, 0.2) is 5.38 Å². The smallest absolute Gasteiger partial charge is 0.187 e. The number of hydrogen-bond donors (Lipinski definition) is 2. The van der Waals surface area contributed by atoms with E-state index in [-0.39, 0.29) is 11.5 Å². The topological polar surface area (TPSA) is 76.7 Å². The Kier molecular flexibility index (Phi) is 3.30. The number of nitrogens with zero attached hydrogens (tertiary/aromatic N) is 3. The minimum atomic E-state index is -0.522. The summed E-state index contributed by atoms with van der Waals surface area (Å²) in [6, 6.07) is 0. The summed E-state index contributed by atoms with van der Waals surface area (Å²) < 4.78 is 13.4. The SMILES string of the molecule is Cc1nc(Cc2nc(C)c(F)c(NN)n2)cs1. The van der Waals surface area contributed by atoms with Gasteiger partial charge in [-0.05, 0) is 13.8 Å². The van der Waals surface area contributed by atoms with Gasteiger partial charge in [0.15, 0.2) is 11.6 Å². The predicted molar refractivity (Wildman–Crippen MR) is 64.2 cm³/mol. The monoisotopic (exact) mass is 253 g/mol. The molecule has 0 radical (unpaired) electrons. The summed E-state index contributed by atoms with van der Waals surface area (Å²) in [5.41, 5.74) is 3.37. The number of nitrogens with two attached hydrogens (primary N) is 1. The fraction of sp³-hybridized carbons (Fsp3) is 0.300. The minimum Gasteiger partial charge on any atom is -0.306 e. The molecule has 5 nitrogen and oxygen atoms in total. The minimum absolute atomic E-state index is 0.0134. The van der Waals surface area contributed by atoms with Crippen molar-refractivity contribution in [1.82, 2.24) is 15.0 Å². The van der Waals surface area contributed by atoms with E-state index in [4.69, 9.17) is 5.84 Å². The Labute approximate surface area is 102 Å². The van der Waals surface area contributed by atoms with Gasteiger partial charge in [0.25, 0.3) is 0 Å². The van der Waals surface area contributed by atoms with Crippen molar-refractivity contribution in [2.24, 2.45) is 5.84 Å². The molecule has 2 aromatic rings. The number of anilines is 1. The summed E-state index contributed by atoms with van der Waals surface area (Å²) in [7, 11) is 0. The van der Waals surface area contributed by atoms with Crippen LogP contribution in [0.25, 0.3) is 0 Å². The van der Waals surface area contributed by atoms with E-state index in [0.717, 1.165) is 10.7 Å². The number of halogens is 1. The fourth-order valence-electron chi connectivity index (χ4n) is 1.44. The van der Waals surface area contributed by atoms with Gasteiger partial charge in [0, 0.05) is 5.38 Å². The number of thiazole rings is 1. The van der Waals surface area contributed by atoms with E-state index >= 15 is 0 Å². The van der Waals surface area contributed by atoms with Crippen molar-refractivity contribution < 1.29 is 4.39 Å². The van der Waals surface area contributed by atoms with Crippen LogP contribution in [0.2, 0.25) is 0 Å². The Morgan fingerprint density at radius 2 is 2.12 bits per heavy atom. The molecular formula is C10H12FN5S. The van der Waals surface area contributed by atoms with Gasteiger partial charge < -0.3 is 5.43 Å². The van der Waals surface area contributed by atoms with Crippen molar-refractivity contribution in [3.63, 3.8) is 0 Å². The van der Waals surface area contributed by atoms with Gasteiger partial charge in [-0.2, -0.15) is 0 Å². The van der Waals surface area contributed by atoms with Gasteiger partial charge in [-0.25, -0.2) is 25.2 Å². The van der Waals surface area contributed by atoms with Crippen molar-refractivity contribution in [2.75, 3.05) is 5.43 Å². The highest BCUT2D eigenvalue weighted by atomic mass is 32.1. The normalized spacial score (nSPS) is 10.6. The Morgan fingerprint density at radius 3 is 2.71 bits per heavy atom. The molecule has 3 N–H and O–H groups in total. The summed E-state index contributed by atoms with van der Waals surface area (Å²) >= 11 is 1.56. The van der Waals surface area contributed by atoms with Gasteiger partial charge in [0.2, 0.25) is 0 Å². The van der Waals surface area contributed by atoms with Crippen molar-refractivity contribution >= 4 is 17.2 Å². The Bertz CT molecular complexity index is 539. The first-order valence-electron chi connectivity index (χ1n) is 5.00. The lowest BCUT2D eigenvalue weighted by atomic mass is 10.3. The zero-order valence-electron chi connectivity index (χ0n) is 9.49. The highest BCUT2D eigenvalue weighted by molar-refractivity contribution is 7.09. The summed E-state index contributed by atoms with van der Waals surface area (Å²) in [6.45, 7) is 3.51. The van der Waals surface area contributed by atoms with Crippen molar-refractivity contribution in [2.45, 2.75) is 20.3 Å². The first kappa shape index (κ1) is 11.9. The van der Waals surface area contributed by atoms with Crippen LogP contribution < -0.4 is 11.3 Å². The molecule has 2 rings (SSSR count). The molecule has 0 aliphatic carbocycles. The van der Waals surface area contributed by atoms with Gasteiger partial charge in [-0.15, -0.1) is 11.3 Å². The molecule has 2 heterocycles. The van der Waals surface area contributed by atoms with Crippen molar-refractivity contribution in [3.8, 4) is 0 Å². The van der Waals surface area contributed by atoms with Gasteiger partial charge in [0.1, 0.15) is 5.82 Å². The Balaban J connectivity index is 2.30. The van der Waals surface area contributed by atoms with Gasteiger partial charge in [-0.1, -0.05) is 0 Å². The molecule has 0 saturated heterocycles. The quantitative estimate of drug-likeness (QED) is 0.641. The number of nitrogens with one attached hydrogen (secondary N) is 1. The number of rotatable bonds is 3. The lowest BCUT2D eigenvalue weighted by Crippen LogP contribution is -2.14. The highest BCUT2D eigenvalue weighted by Crippen LogP contribution is 2.16. The van der Waals surface area contributed by atoms with E-state index in [0.29, 0.717) is 12.2 Å².